The second-order valence-corrected chi connectivity index (χ2v) is 6.11. The Balaban J connectivity index is 1.79. The van der Waals surface area contributed by atoms with Crippen molar-refractivity contribution in [2.45, 2.75) is 50.2 Å². The molecule has 2 heterocycles. The number of hydrogen-bond donors (Lipinski definition) is 1. The van der Waals surface area contributed by atoms with E-state index >= 15 is 0 Å². The number of halogens is 1. The Bertz CT molecular complexity index is 538. The first-order valence-corrected chi connectivity index (χ1v) is 7.47. The summed E-state index contributed by atoms with van der Waals surface area (Å²) in [5.41, 5.74) is -0.144. The molecule has 3 rings (SSSR count). The fraction of sp³-hybridized carbons (Fsp3) is 0.600. The van der Waals surface area contributed by atoms with Crippen molar-refractivity contribution in [1.82, 2.24) is 4.90 Å². The summed E-state index contributed by atoms with van der Waals surface area (Å²) in [7, 11) is 2.16. The van der Waals surface area contributed by atoms with Crippen LogP contribution in [0.3, 0.4) is 0 Å². The average molecular weight is 293 g/mol. The third kappa shape index (κ3) is 2.72. The first-order valence-electron chi connectivity index (χ1n) is 7.47. The number of nitrogens with zero attached hydrogens (tertiary/aromatic N) is 2. The van der Waals surface area contributed by atoms with Crippen LogP contribution in [0.5, 0.6) is 0 Å². The molecule has 2 saturated heterocycles. The molecule has 1 aromatic carbocycles. The zero-order valence-corrected chi connectivity index (χ0v) is 12.1. The van der Waals surface area contributed by atoms with E-state index in [9.17, 15) is 14.5 Å². The Morgan fingerprint density at radius 3 is 2.62 bits per heavy atom. The molecule has 0 aliphatic carbocycles. The monoisotopic (exact) mass is 293 g/mol. The predicted octanol–water partition coefficient (Wildman–Crippen LogP) is 3.16. The lowest BCUT2D eigenvalue weighted by atomic mass is 9.82. The molecule has 5 nitrogen and oxygen atoms in total. The molecular formula is C15H20FN3O2. The van der Waals surface area contributed by atoms with Gasteiger partial charge in [0.25, 0.3) is 0 Å². The van der Waals surface area contributed by atoms with E-state index in [2.05, 4.69) is 17.3 Å². The van der Waals surface area contributed by atoms with Gasteiger partial charge in [-0.3, -0.25) is 10.1 Å². The molecule has 2 aliphatic heterocycles. The zero-order chi connectivity index (χ0) is 15.0. The summed E-state index contributed by atoms with van der Waals surface area (Å²) >= 11 is 0. The lowest BCUT2D eigenvalue weighted by molar-refractivity contribution is -0.386. The Hall–Kier alpha value is -1.69. The quantitative estimate of drug-likeness (QED) is 0.687. The molecule has 0 saturated carbocycles. The minimum absolute atomic E-state index is 0.178. The molecule has 2 fully saturated rings. The number of nitrogens with one attached hydrogen (secondary N) is 1. The van der Waals surface area contributed by atoms with Crippen LogP contribution in [0.25, 0.3) is 0 Å². The van der Waals surface area contributed by atoms with Crippen molar-refractivity contribution < 1.29 is 9.31 Å². The number of nitro groups is 1. The smallest absolute Gasteiger partial charge is 0.327 e. The van der Waals surface area contributed by atoms with Crippen LogP contribution < -0.4 is 5.32 Å². The Kier molecular flexibility index (Phi) is 3.80. The van der Waals surface area contributed by atoms with E-state index in [-0.39, 0.29) is 6.04 Å². The highest BCUT2D eigenvalue weighted by molar-refractivity contribution is 5.62. The highest BCUT2D eigenvalue weighted by atomic mass is 19.1. The number of benzene rings is 1. The van der Waals surface area contributed by atoms with Crippen molar-refractivity contribution in [3.8, 4) is 0 Å². The lowest BCUT2D eigenvalue weighted by Gasteiger charge is -2.47. The first-order chi connectivity index (χ1) is 10.1. The van der Waals surface area contributed by atoms with Crippen LogP contribution >= 0.6 is 0 Å². The summed E-state index contributed by atoms with van der Waals surface area (Å²) in [6, 6.07) is 5.48. The van der Waals surface area contributed by atoms with Gasteiger partial charge < -0.3 is 10.2 Å². The molecule has 1 N–H and O–H groups in total. The van der Waals surface area contributed by atoms with Crippen LogP contribution in [-0.4, -0.2) is 35.0 Å². The van der Waals surface area contributed by atoms with Crippen LogP contribution in [-0.2, 0) is 0 Å². The molecule has 0 aromatic heterocycles. The molecule has 2 aliphatic rings. The van der Waals surface area contributed by atoms with Gasteiger partial charge in [0.2, 0.25) is 5.82 Å². The van der Waals surface area contributed by atoms with E-state index in [4.69, 9.17) is 0 Å². The average Bonchev–Trinajstić information content (AvgIpc) is 2.39. The van der Waals surface area contributed by atoms with Crippen molar-refractivity contribution in [3.63, 3.8) is 0 Å². The first kappa shape index (κ1) is 14.3. The van der Waals surface area contributed by atoms with Gasteiger partial charge in [-0.25, -0.2) is 0 Å². The maximum Gasteiger partial charge on any atom is 0.327 e. The molecule has 2 atom stereocenters. The van der Waals surface area contributed by atoms with Gasteiger partial charge in [-0.1, -0.05) is 12.5 Å². The number of para-hydroxylation sites is 1. The van der Waals surface area contributed by atoms with Gasteiger partial charge in [0.15, 0.2) is 0 Å². The third-order valence-corrected chi connectivity index (χ3v) is 4.87. The van der Waals surface area contributed by atoms with E-state index in [1.165, 1.54) is 25.3 Å². The minimum Gasteiger partial charge on any atom is -0.377 e. The van der Waals surface area contributed by atoms with Crippen LogP contribution in [0.1, 0.15) is 32.1 Å². The molecule has 6 heteroatoms. The summed E-state index contributed by atoms with van der Waals surface area (Å²) in [5.74, 6) is -0.780. The molecule has 0 radical (unpaired) electrons. The van der Waals surface area contributed by atoms with Crippen LogP contribution in [0.15, 0.2) is 18.2 Å². The van der Waals surface area contributed by atoms with E-state index in [1.54, 1.807) is 6.07 Å². The lowest BCUT2D eigenvalue weighted by Crippen LogP contribution is -2.52. The maximum absolute atomic E-state index is 13.7. The summed E-state index contributed by atoms with van der Waals surface area (Å²) in [6.07, 6.45) is 5.53. The van der Waals surface area contributed by atoms with Gasteiger partial charge in [-0.15, -0.1) is 0 Å². The second-order valence-electron chi connectivity index (χ2n) is 6.11. The Morgan fingerprint density at radius 2 is 2.00 bits per heavy atom. The van der Waals surface area contributed by atoms with Crippen molar-refractivity contribution in [2.24, 2.45) is 0 Å². The van der Waals surface area contributed by atoms with Gasteiger partial charge in [0, 0.05) is 18.1 Å². The molecular weight excluding hydrogens is 273 g/mol. The number of hydrogen-bond acceptors (Lipinski definition) is 4. The SMILES string of the molecule is CN1C2CCCC1CC(Nc1cccc(F)c1[N+](=O)[O-])C2. The molecule has 21 heavy (non-hydrogen) atoms. The molecule has 114 valence electrons. The van der Waals surface area contributed by atoms with E-state index in [0.717, 1.165) is 18.9 Å². The highest BCUT2D eigenvalue weighted by Crippen LogP contribution is 2.35. The fourth-order valence-electron chi connectivity index (χ4n) is 3.77. The van der Waals surface area contributed by atoms with Gasteiger partial charge in [-0.2, -0.15) is 4.39 Å². The Morgan fingerprint density at radius 1 is 1.33 bits per heavy atom. The highest BCUT2D eigenvalue weighted by Gasteiger charge is 2.36. The third-order valence-electron chi connectivity index (χ3n) is 4.87. The number of anilines is 1. The number of nitro benzene ring substituents is 1. The number of piperidine rings is 2. The Labute approximate surface area is 123 Å². The predicted molar refractivity (Wildman–Crippen MR) is 78.9 cm³/mol. The van der Waals surface area contributed by atoms with Crippen molar-refractivity contribution in [3.05, 3.63) is 34.1 Å². The van der Waals surface area contributed by atoms with Gasteiger partial charge in [-0.05, 0) is 44.9 Å². The molecule has 2 unspecified atom stereocenters. The zero-order valence-electron chi connectivity index (χ0n) is 12.1. The number of rotatable bonds is 3. The van der Waals surface area contributed by atoms with E-state index < -0.39 is 16.4 Å². The van der Waals surface area contributed by atoms with Crippen LogP contribution in [0.4, 0.5) is 15.8 Å². The largest absolute Gasteiger partial charge is 0.377 e. The topological polar surface area (TPSA) is 58.4 Å². The van der Waals surface area contributed by atoms with Crippen LogP contribution in [0, 0.1) is 15.9 Å². The summed E-state index contributed by atoms with van der Waals surface area (Å²) in [4.78, 5) is 12.8. The molecule has 0 spiro atoms. The van der Waals surface area contributed by atoms with Crippen molar-refractivity contribution in [2.75, 3.05) is 12.4 Å². The van der Waals surface area contributed by atoms with Crippen molar-refractivity contribution in [1.29, 1.82) is 0 Å². The summed E-state index contributed by atoms with van der Waals surface area (Å²) in [5, 5.41) is 14.3. The maximum atomic E-state index is 13.7. The summed E-state index contributed by atoms with van der Waals surface area (Å²) in [6.45, 7) is 0. The molecule has 1 aromatic rings. The molecule has 0 amide bonds. The fourth-order valence-corrected chi connectivity index (χ4v) is 3.77. The number of fused-ring (bicyclic) bond motifs is 2. The summed E-state index contributed by atoms with van der Waals surface area (Å²) < 4.78 is 13.7. The van der Waals surface area contributed by atoms with E-state index in [0.29, 0.717) is 17.8 Å². The van der Waals surface area contributed by atoms with Gasteiger partial charge >= 0.3 is 5.69 Å². The minimum atomic E-state index is -0.780. The van der Waals surface area contributed by atoms with Crippen molar-refractivity contribution >= 4 is 11.4 Å². The second kappa shape index (κ2) is 5.60. The molecule has 2 bridgehead atoms. The standard InChI is InChI=1S/C15H20FN3O2/c1-18-11-4-2-5-12(18)9-10(8-11)17-14-7-3-6-13(16)15(14)19(20)21/h3,6-7,10-12,17H,2,4-5,8-9H2,1H3. The van der Waals surface area contributed by atoms with E-state index in [1.807, 2.05) is 0 Å². The van der Waals surface area contributed by atoms with Gasteiger partial charge in [0.1, 0.15) is 5.69 Å². The van der Waals surface area contributed by atoms with Crippen LogP contribution in [0.2, 0.25) is 0 Å². The normalized spacial score (nSPS) is 29.1. The van der Waals surface area contributed by atoms with Gasteiger partial charge in [0.05, 0.1) is 4.92 Å².